The monoisotopic (exact) mass is 247 g/mol. The van der Waals surface area contributed by atoms with Crippen molar-refractivity contribution in [2.45, 2.75) is 26.1 Å². The number of benzene rings is 1. The van der Waals surface area contributed by atoms with Gasteiger partial charge in [0.15, 0.2) is 0 Å². The predicted octanol–water partition coefficient (Wildman–Crippen LogP) is 3.42. The highest BCUT2D eigenvalue weighted by atomic mass is 35.5. The normalized spacial score (nSPS) is 13.2. The van der Waals surface area contributed by atoms with Gasteiger partial charge >= 0.3 is 0 Å². The molecule has 0 aliphatic carbocycles. The van der Waals surface area contributed by atoms with Gasteiger partial charge < -0.3 is 10.5 Å². The molecule has 0 aromatic heterocycles. The molecule has 0 aliphatic heterocycles. The summed E-state index contributed by atoms with van der Waals surface area (Å²) >= 11 is 12.0. The van der Waals surface area contributed by atoms with Gasteiger partial charge in [-0.3, -0.25) is 0 Å². The Bertz CT molecular complexity index is 328. The van der Waals surface area contributed by atoms with Crippen LogP contribution >= 0.6 is 23.2 Å². The van der Waals surface area contributed by atoms with Gasteiger partial charge in [0.1, 0.15) is 0 Å². The average Bonchev–Trinajstić information content (AvgIpc) is 2.18. The molecule has 84 valence electrons. The summed E-state index contributed by atoms with van der Waals surface area (Å²) in [6, 6.07) is 5.30. The molecule has 1 rings (SSSR count). The third-order valence-corrected chi connectivity index (χ3v) is 2.53. The highest BCUT2D eigenvalue weighted by molar-refractivity contribution is 6.33. The SMILES string of the molecule is CC(C)OC(CN)c1cc(Cl)ccc1Cl. The summed E-state index contributed by atoms with van der Waals surface area (Å²) in [6.07, 6.45) is -0.0928. The molecular weight excluding hydrogens is 233 g/mol. The van der Waals surface area contributed by atoms with Crippen molar-refractivity contribution in [3.63, 3.8) is 0 Å². The Hall–Kier alpha value is -0.280. The summed E-state index contributed by atoms with van der Waals surface area (Å²) in [6.45, 7) is 4.31. The van der Waals surface area contributed by atoms with Gasteiger partial charge in [0.05, 0.1) is 12.2 Å². The van der Waals surface area contributed by atoms with E-state index in [0.717, 1.165) is 5.56 Å². The van der Waals surface area contributed by atoms with Gasteiger partial charge in [-0.15, -0.1) is 0 Å². The molecule has 1 aromatic carbocycles. The first-order chi connectivity index (χ1) is 7.04. The maximum atomic E-state index is 6.06. The number of hydrogen-bond acceptors (Lipinski definition) is 2. The van der Waals surface area contributed by atoms with Crippen molar-refractivity contribution in [1.29, 1.82) is 0 Å². The molecule has 0 spiro atoms. The van der Waals surface area contributed by atoms with Crippen LogP contribution in [-0.4, -0.2) is 12.6 Å². The van der Waals surface area contributed by atoms with Crippen LogP contribution in [0.3, 0.4) is 0 Å². The van der Waals surface area contributed by atoms with E-state index in [1.165, 1.54) is 0 Å². The Morgan fingerprint density at radius 1 is 1.33 bits per heavy atom. The summed E-state index contributed by atoms with van der Waals surface area (Å²) in [7, 11) is 0. The lowest BCUT2D eigenvalue weighted by atomic mass is 10.1. The smallest absolute Gasteiger partial charge is 0.0965 e. The lowest BCUT2D eigenvalue weighted by Gasteiger charge is -2.20. The minimum Gasteiger partial charge on any atom is -0.369 e. The van der Waals surface area contributed by atoms with Crippen LogP contribution < -0.4 is 5.73 Å². The molecule has 0 fully saturated rings. The van der Waals surface area contributed by atoms with Crippen molar-refractivity contribution in [3.8, 4) is 0 Å². The molecule has 0 amide bonds. The summed E-state index contributed by atoms with van der Waals surface area (Å²) in [5.74, 6) is 0. The number of halogens is 2. The van der Waals surface area contributed by atoms with E-state index >= 15 is 0 Å². The zero-order chi connectivity index (χ0) is 11.4. The quantitative estimate of drug-likeness (QED) is 0.886. The van der Waals surface area contributed by atoms with E-state index in [1.54, 1.807) is 18.2 Å². The van der Waals surface area contributed by atoms with Gasteiger partial charge in [-0.05, 0) is 32.0 Å². The molecule has 1 aromatic rings. The van der Waals surface area contributed by atoms with E-state index in [-0.39, 0.29) is 12.2 Å². The van der Waals surface area contributed by atoms with E-state index in [0.29, 0.717) is 16.6 Å². The van der Waals surface area contributed by atoms with Crippen molar-refractivity contribution < 1.29 is 4.74 Å². The third kappa shape index (κ3) is 3.65. The summed E-state index contributed by atoms with van der Waals surface area (Å²) in [5.41, 5.74) is 6.49. The maximum Gasteiger partial charge on any atom is 0.0965 e. The molecule has 0 heterocycles. The van der Waals surface area contributed by atoms with Crippen molar-refractivity contribution in [2.75, 3.05) is 6.54 Å². The fraction of sp³-hybridized carbons (Fsp3) is 0.455. The van der Waals surface area contributed by atoms with E-state index in [2.05, 4.69) is 0 Å². The topological polar surface area (TPSA) is 35.2 Å². The van der Waals surface area contributed by atoms with Crippen LogP contribution in [0.2, 0.25) is 10.0 Å². The molecule has 2 N–H and O–H groups in total. The Kier molecular flexibility index (Phi) is 4.87. The van der Waals surface area contributed by atoms with Gasteiger partial charge in [0.2, 0.25) is 0 Å². The molecule has 4 heteroatoms. The Morgan fingerprint density at radius 2 is 2.00 bits per heavy atom. The summed E-state index contributed by atoms with van der Waals surface area (Å²) in [5, 5.41) is 1.27. The standard InChI is InChI=1S/C11H15Cl2NO/c1-7(2)15-11(6-14)9-5-8(12)3-4-10(9)13/h3-5,7,11H,6,14H2,1-2H3. The van der Waals surface area contributed by atoms with E-state index in [4.69, 9.17) is 33.7 Å². The number of nitrogens with two attached hydrogens (primary N) is 1. The first-order valence-corrected chi connectivity index (χ1v) is 5.60. The van der Waals surface area contributed by atoms with Crippen molar-refractivity contribution in [3.05, 3.63) is 33.8 Å². The number of hydrogen-bond donors (Lipinski definition) is 1. The van der Waals surface area contributed by atoms with Gasteiger partial charge in [-0.2, -0.15) is 0 Å². The van der Waals surface area contributed by atoms with Crippen molar-refractivity contribution in [2.24, 2.45) is 5.73 Å². The predicted molar refractivity (Wildman–Crippen MR) is 64.5 cm³/mol. The van der Waals surface area contributed by atoms with Crippen molar-refractivity contribution >= 4 is 23.2 Å². The molecule has 2 nitrogen and oxygen atoms in total. The second kappa shape index (κ2) is 5.71. The highest BCUT2D eigenvalue weighted by Gasteiger charge is 2.15. The third-order valence-electron chi connectivity index (χ3n) is 1.96. The van der Waals surface area contributed by atoms with Crippen LogP contribution in [0.25, 0.3) is 0 Å². The number of ether oxygens (including phenoxy) is 1. The van der Waals surface area contributed by atoms with Crippen LogP contribution in [0.1, 0.15) is 25.5 Å². The van der Waals surface area contributed by atoms with E-state index < -0.39 is 0 Å². The molecular formula is C11H15Cl2NO. The molecule has 0 saturated heterocycles. The lowest BCUT2D eigenvalue weighted by molar-refractivity contribution is 0.0120. The minimum absolute atomic E-state index is 0.105. The minimum atomic E-state index is -0.198. The molecule has 0 aliphatic rings. The van der Waals surface area contributed by atoms with Gasteiger partial charge in [0.25, 0.3) is 0 Å². The molecule has 1 unspecified atom stereocenters. The van der Waals surface area contributed by atoms with Crippen molar-refractivity contribution in [1.82, 2.24) is 0 Å². The fourth-order valence-corrected chi connectivity index (χ4v) is 1.77. The van der Waals surface area contributed by atoms with Gasteiger partial charge in [-0.1, -0.05) is 23.2 Å². The zero-order valence-electron chi connectivity index (χ0n) is 8.84. The molecule has 15 heavy (non-hydrogen) atoms. The van der Waals surface area contributed by atoms with Gasteiger partial charge in [-0.25, -0.2) is 0 Å². The Balaban J connectivity index is 2.95. The summed E-state index contributed by atoms with van der Waals surface area (Å²) in [4.78, 5) is 0. The van der Waals surface area contributed by atoms with E-state index in [9.17, 15) is 0 Å². The summed E-state index contributed by atoms with van der Waals surface area (Å²) < 4.78 is 5.65. The molecule has 1 atom stereocenters. The molecule has 0 saturated carbocycles. The largest absolute Gasteiger partial charge is 0.369 e. The van der Waals surface area contributed by atoms with Crippen LogP contribution in [-0.2, 0) is 4.74 Å². The molecule has 0 radical (unpaired) electrons. The second-order valence-electron chi connectivity index (χ2n) is 3.58. The maximum absolute atomic E-state index is 6.06. The van der Waals surface area contributed by atoms with Gasteiger partial charge in [0, 0.05) is 22.2 Å². The lowest BCUT2D eigenvalue weighted by Crippen LogP contribution is -2.19. The zero-order valence-corrected chi connectivity index (χ0v) is 10.3. The first-order valence-electron chi connectivity index (χ1n) is 4.85. The van der Waals surface area contributed by atoms with E-state index in [1.807, 2.05) is 13.8 Å². The fourth-order valence-electron chi connectivity index (χ4n) is 1.35. The Labute approximate surface area is 100 Å². The first kappa shape index (κ1) is 12.8. The highest BCUT2D eigenvalue weighted by Crippen LogP contribution is 2.28. The van der Waals surface area contributed by atoms with Crippen LogP contribution in [0, 0.1) is 0 Å². The van der Waals surface area contributed by atoms with Crippen LogP contribution in [0.15, 0.2) is 18.2 Å². The average molecular weight is 248 g/mol. The number of rotatable bonds is 4. The molecule has 0 bridgehead atoms. The van der Waals surface area contributed by atoms with Crippen LogP contribution in [0.5, 0.6) is 0 Å². The Morgan fingerprint density at radius 3 is 2.53 bits per heavy atom. The second-order valence-corrected chi connectivity index (χ2v) is 4.42. The van der Waals surface area contributed by atoms with Crippen LogP contribution in [0.4, 0.5) is 0 Å².